The fourth-order valence-electron chi connectivity index (χ4n) is 1.61. The van der Waals surface area contributed by atoms with Gasteiger partial charge in [0.2, 0.25) is 5.69 Å². The standard InChI is InChI=1S/C10H5ClN4O6/c11-5-1-2-6(7(3-5)14(18)19)13-4-8(15(20)21)9(12-13)10(16)17/h1-4H,(H,16,17). The van der Waals surface area contributed by atoms with Crippen LogP contribution in [0, 0.1) is 20.2 Å². The number of aromatic nitrogens is 2. The Morgan fingerprint density at radius 3 is 2.33 bits per heavy atom. The molecule has 0 unspecified atom stereocenters. The Balaban J connectivity index is 2.68. The van der Waals surface area contributed by atoms with Crippen LogP contribution in [0.4, 0.5) is 11.4 Å². The molecule has 1 heterocycles. The number of benzene rings is 1. The SMILES string of the molecule is O=C(O)c1nn(-c2ccc(Cl)cc2[N+](=O)[O-])cc1[N+](=O)[O-]. The summed E-state index contributed by atoms with van der Waals surface area (Å²) in [5, 5.41) is 34.2. The van der Waals surface area contributed by atoms with Crippen molar-refractivity contribution in [3.05, 3.63) is 55.3 Å². The lowest BCUT2D eigenvalue weighted by atomic mass is 10.2. The molecule has 0 spiro atoms. The van der Waals surface area contributed by atoms with E-state index in [4.69, 9.17) is 16.7 Å². The smallest absolute Gasteiger partial charge is 0.363 e. The quantitative estimate of drug-likeness (QED) is 0.672. The van der Waals surface area contributed by atoms with E-state index in [1.165, 1.54) is 12.1 Å². The number of carboxylic acids is 1. The summed E-state index contributed by atoms with van der Waals surface area (Å²) in [6, 6.07) is 3.56. The van der Waals surface area contributed by atoms with Gasteiger partial charge in [-0.3, -0.25) is 20.2 Å². The maximum atomic E-state index is 11.0. The fourth-order valence-corrected chi connectivity index (χ4v) is 1.78. The number of rotatable bonds is 4. The Bertz CT molecular complexity index is 739. The van der Waals surface area contributed by atoms with Gasteiger partial charge in [-0.2, -0.15) is 5.10 Å². The summed E-state index contributed by atoms with van der Waals surface area (Å²) in [6.07, 6.45) is 0.791. The van der Waals surface area contributed by atoms with Crippen LogP contribution in [0.25, 0.3) is 5.69 Å². The van der Waals surface area contributed by atoms with E-state index in [2.05, 4.69) is 5.10 Å². The average molecular weight is 313 g/mol. The molecule has 0 fully saturated rings. The number of carbonyl (C=O) groups is 1. The Morgan fingerprint density at radius 2 is 1.86 bits per heavy atom. The van der Waals surface area contributed by atoms with Gasteiger partial charge in [-0.15, -0.1) is 0 Å². The number of nitro groups is 2. The van der Waals surface area contributed by atoms with Crippen LogP contribution in [-0.2, 0) is 0 Å². The lowest BCUT2D eigenvalue weighted by Gasteiger charge is -2.02. The van der Waals surface area contributed by atoms with E-state index in [1.807, 2.05) is 0 Å². The molecular weight excluding hydrogens is 308 g/mol. The first-order valence-corrected chi connectivity index (χ1v) is 5.60. The van der Waals surface area contributed by atoms with Crippen molar-refractivity contribution in [3.63, 3.8) is 0 Å². The highest BCUT2D eigenvalue weighted by Gasteiger charge is 2.27. The second kappa shape index (κ2) is 5.17. The molecular formula is C10H5ClN4O6. The topological polar surface area (TPSA) is 141 Å². The van der Waals surface area contributed by atoms with Gasteiger partial charge in [0, 0.05) is 11.1 Å². The summed E-state index contributed by atoms with van der Waals surface area (Å²) >= 11 is 5.65. The van der Waals surface area contributed by atoms with E-state index < -0.39 is 32.9 Å². The fraction of sp³-hybridized carbons (Fsp3) is 0. The first kappa shape index (κ1) is 14.4. The molecule has 0 saturated carbocycles. The highest BCUT2D eigenvalue weighted by Crippen LogP contribution is 2.28. The summed E-state index contributed by atoms with van der Waals surface area (Å²) in [6.45, 7) is 0. The second-order valence-corrected chi connectivity index (χ2v) is 4.20. The summed E-state index contributed by atoms with van der Waals surface area (Å²) in [4.78, 5) is 31.0. The van der Waals surface area contributed by atoms with Crippen molar-refractivity contribution in [2.24, 2.45) is 0 Å². The number of hydrogen-bond acceptors (Lipinski definition) is 6. The molecule has 2 aromatic rings. The third-order valence-corrected chi connectivity index (χ3v) is 2.71. The van der Waals surface area contributed by atoms with Gasteiger partial charge in [0.05, 0.1) is 9.85 Å². The van der Waals surface area contributed by atoms with E-state index in [9.17, 15) is 25.0 Å². The summed E-state index contributed by atoms with van der Waals surface area (Å²) < 4.78 is 0.760. The van der Waals surface area contributed by atoms with Crippen molar-refractivity contribution >= 4 is 28.9 Å². The molecule has 10 nitrogen and oxygen atoms in total. The third-order valence-electron chi connectivity index (χ3n) is 2.48. The molecule has 21 heavy (non-hydrogen) atoms. The Kier molecular flexibility index (Phi) is 3.54. The molecule has 1 N–H and O–H groups in total. The number of hydrogen-bond donors (Lipinski definition) is 1. The zero-order valence-corrected chi connectivity index (χ0v) is 10.7. The minimum Gasteiger partial charge on any atom is -0.476 e. The molecule has 2 rings (SSSR count). The van der Waals surface area contributed by atoms with Crippen LogP contribution in [-0.4, -0.2) is 30.7 Å². The van der Waals surface area contributed by atoms with Crippen LogP contribution >= 0.6 is 11.6 Å². The number of nitro benzene ring substituents is 1. The predicted octanol–water partition coefficient (Wildman–Crippen LogP) is 2.04. The molecule has 0 atom stereocenters. The second-order valence-electron chi connectivity index (χ2n) is 3.76. The van der Waals surface area contributed by atoms with Crippen LogP contribution in [0.3, 0.4) is 0 Å². The van der Waals surface area contributed by atoms with Crippen molar-refractivity contribution in [3.8, 4) is 5.69 Å². The van der Waals surface area contributed by atoms with Gasteiger partial charge < -0.3 is 5.11 Å². The van der Waals surface area contributed by atoms with Crippen LogP contribution in [0.1, 0.15) is 10.5 Å². The highest BCUT2D eigenvalue weighted by molar-refractivity contribution is 6.30. The van der Waals surface area contributed by atoms with Gasteiger partial charge in [0.1, 0.15) is 11.9 Å². The van der Waals surface area contributed by atoms with Gasteiger partial charge in [-0.25, -0.2) is 9.48 Å². The van der Waals surface area contributed by atoms with E-state index in [1.54, 1.807) is 0 Å². The molecule has 0 amide bonds. The first-order chi connectivity index (χ1) is 9.81. The molecule has 0 aliphatic carbocycles. The van der Waals surface area contributed by atoms with Crippen molar-refractivity contribution in [2.75, 3.05) is 0 Å². The predicted molar refractivity (Wildman–Crippen MR) is 68.8 cm³/mol. The third kappa shape index (κ3) is 2.65. The van der Waals surface area contributed by atoms with Gasteiger partial charge >= 0.3 is 11.7 Å². The Hall–Kier alpha value is -3.01. The molecule has 0 bridgehead atoms. The van der Waals surface area contributed by atoms with Crippen molar-refractivity contribution in [1.29, 1.82) is 0 Å². The van der Waals surface area contributed by atoms with Gasteiger partial charge in [-0.1, -0.05) is 11.6 Å². The minimum absolute atomic E-state index is 0.0885. The van der Waals surface area contributed by atoms with Crippen molar-refractivity contribution in [2.45, 2.75) is 0 Å². The maximum Gasteiger partial charge on any atom is 0.363 e. The molecule has 0 saturated heterocycles. The number of carboxylic acid groups (broad SMARTS) is 1. The molecule has 0 aliphatic heterocycles. The summed E-state index contributed by atoms with van der Waals surface area (Å²) in [7, 11) is 0. The molecule has 0 radical (unpaired) electrons. The summed E-state index contributed by atoms with van der Waals surface area (Å²) in [5.74, 6) is -1.61. The van der Waals surface area contributed by atoms with Crippen LogP contribution < -0.4 is 0 Å². The van der Waals surface area contributed by atoms with Crippen LogP contribution in [0.15, 0.2) is 24.4 Å². The van der Waals surface area contributed by atoms with Gasteiger partial charge in [0.25, 0.3) is 5.69 Å². The van der Waals surface area contributed by atoms with Crippen molar-refractivity contribution < 1.29 is 19.7 Å². The molecule has 11 heteroatoms. The molecule has 1 aromatic carbocycles. The monoisotopic (exact) mass is 312 g/mol. The maximum absolute atomic E-state index is 11.0. The zero-order valence-electron chi connectivity index (χ0n) is 9.96. The number of aromatic carboxylic acids is 1. The highest BCUT2D eigenvalue weighted by atomic mass is 35.5. The molecule has 1 aromatic heterocycles. The molecule has 108 valence electrons. The largest absolute Gasteiger partial charge is 0.476 e. The first-order valence-electron chi connectivity index (χ1n) is 5.23. The lowest BCUT2D eigenvalue weighted by Crippen LogP contribution is -2.04. The van der Waals surface area contributed by atoms with Gasteiger partial charge in [0.15, 0.2) is 0 Å². The summed E-state index contributed by atoms with van der Waals surface area (Å²) in [5.41, 5.74) is -2.19. The zero-order chi connectivity index (χ0) is 15.7. The number of nitrogens with zero attached hydrogens (tertiary/aromatic N) is 4. The minimum atomic E-state index is -1.61. The van der Waals surface area contributed by atoms with Crippen LogP contribution in [0.5, 0.6) is 0 Å². The van der Waals surface area contributed by atoms with E-state index >= 15 is 0 Å². The van der Waals surface area contributed by atoms with E-state index in [-0.39, 0.29) is 10.7 Å². The van der Waals surface area contributed by atoms with E-state index in [0.717, 1.165) is 16.9 Å². The average Bonchev–Trinajstić information content (AvgIpc) is 2.83. The molecule has 0 aliphatic rings. The van der Waals surface area contributed by atoms with Crippen molar-refractivity contribution in [1.82, 2.24) is 9.78 Å². The normalized spacial score (nSPS) is 10.3. The van der Waals surface area contributed by atoms with E-state index in [0.29, 0.717) is 0 Å². The number of halogens is 1. The Morgan fingerprint density at radius 1 is 1.24 bits per heavy atom. The van der Waals surface area contributed by atoms with Gasteiger partial charge in [-0.05, 0) is 12.1 Å². The Labute approximate surface area is 120 Å². The van der Waals surface area contributed by atoms with Crippen LogP contribution in [0.2, 0.25) is 5.02 Å². The lowest BCUT2D eigenvalue weighted by molar-refractivity contribution is -0.385.